The second kappa shape index (κ2) is 5.72. The molecule has 0 saturated carbocycles. The zero-order valence-electron chi connectivity index (χ0n) is 9.91. The Labute approximate surface area is 123 Å². The highest BCUT2D eigenvalue weighted by molar-refractivity contribution is 9.10. The smallest absolute Gasteiger partial charge is 0.193 e. The highest BCUT2D eigenvalue weighted by Gasteiger charge is 2.13. The number of methoxy groups -OCH3 is 1. The van der Waals surface area contributed by atoms with E-state index in [0.717, 1.165) is 6.07 Å². The summed E-state index contributed by atoms with van der Waals surface area (Å²) >= 11 is 9.18. The molecule has 0 N–H and O–H groups in total. The van der Waals surface area contributed by atoms with E-state index in [-0.39, 0.29) is 17.1 Å². The Balaban J connectivity index is 2.38. The van der Waals surface area contributed by atoms with Gasteiger partial charge in [0.15, 0.2) is 17.3 Å². The number of ether oxygens (including phenoxy) is 1. The summed E-state index contributed by atoms with van der Waals surface area (Å²) in [6.45, 7) is 0. The normalized spacial score (nSPS) is 10.3. The van der Waals surface area contributed by atoms with E-state index in [4.69, 9.17) is 16.3 Å². The maximum Gasteiger partial charge on any atom is 0.193 e. The quantitative estimate of drug-likeness (QED) is 0.768. The van der Waals surface area contributed by atoms with Crippen molar-refractivity contribution in [1.29, 1.82) is 0 Å². The Morgan fingerprint density at radius 2 is 1.84 bits per heavy atom. The molecule has 0 aromatic heterocycles. The Hall–Kier alpha value is -1.39. The van der Waals surface area contributed by atoms with E-state index >= 15 is 0 Å². The van der Waals surface area contributed by atoms with Crippen molar-refractivity contribution in [1.82, 2.24) is 0 Å². The minimum Gasteiger partial charge on any atom is -0.494 e. The molecule has 2 aromatic rings. The largest absolute Gasteiger partial charge is 0.494 e. The monoisotopic (exact) mass is 342 g/mol. The lowest BCUT2D eigenvalue weighted by molar-refractivity contribution is 0.103. The number of carbonyl (C=O) groups excluding carboxylic acids is 1. The van der Waals surface area contributed by atoms with E-state index in [9.17, 15) is 9.18 Å². The molecular formula is C14H9BrClFO2. The van der Waals surface area contributed by atoms with Crippen LogP contribution in [0.25, 0.3) is 0 Å². The second-order valence-corrected chi connectivity index (χ2v) is 5.07. The summed E-state index contributed by atoms with van der Waals surface area (Å²) in [6, 6.07) is 8.92. The molecule has 0 spiro atoms. The molecule has 2 rings (SSSR count). The first-order chi connectivity index (χ1) is 9.02. The SMILES string of the molecule is COc1ccc(C(=O)c2ccc(Br)c(Cl)c2)cc1F. The standard InChI is InChI=1S/C14H9BrClFO2/c1-19-13-5-3-9(7-12(13)17)14(18)8-2-4-10(15)11(16)6-8/h2-7H,1H3. The van der Waals surface area contributed by atoms with Gasteiger partial charge in [-0.25, -0.2) is 4.39 Å². The minimum atomic E-state index is -0.573. The highest BCUT2D eigenvalue weighted by atomic mass is 79.9. The Kier molecular flexibility index (Phi) is 4.22. The summed E-state index contributed by atoms with van der Waals surface area (Å²) in [5.74, 6) is -0.766. The number of benzene rings is 2. The number of hydrogen-bond donors (Lipinski definition) is 0. The van der Waals surface area contributed by atoms with Crippen molar-refractivity contribution in [3.05, 3.63) is 62.8 Å². The summed E-state index contributed by atoms with van der Waals surface area (Å²) < 4.78 is 19.1. The van der Waals surface area contributed by atoms with Gasteiger partial charge in [-0.2, -0.15) is 0 Å². The minimum absolute atomic E-state index is 0.102. The number of ketones is 1. The number of hydrogen-bond acceptors (Lipinski definition) is 2. The van der Waals surface area contributed by atoms with Gasteiger partial charge in [-0.3, -0.25) is 4.79 Å². The Morgan fingerprint density at radius 1 is 1.21 bits per heavy atom. The van der Waals surface area contributed by atoms with Gasteiger partial charge in [-0.15, -0.1) is 0 Å². The van der Waals surface area contributed by atoms with E-state index in [2.05, 4.69) is 15.9 Å². The summed E-state index contributed by atoms with van der Waals surface area (Å²) in [5, 5.41) is 0.430. The summed E-state index contributed by atoms with van der Waals surface area (Å²) in [7, 11) is 1.37. The van der Waals surface area contributed by atoms with E-state index in [1.807, 2.05) is 0 Å². The van der Waals surface area contributed by atoms with Gasteiger partial charge in [0.05, 0.1) is 12.1 Å². The maximum atomic E-state index is 13.6. The van der Waals surface area contributed by atoms with Crippen molar-refractivity contribution in [2.45, 2.75) is 0 Å². The Morgan fingerprint density at radius 3 is 2.42 bits per heavy atom. The van der Waals surface area contributed by atoms with Crippen molar-refractivity contribution in [2.24, 2.45) is 0 Å². The first-order valence-corrected chi connectivity index (χ1v) is 6.53. The number of rotatable bonds is 3. The number of halogens is 3. The zero-order valence-corrected chi connectivity index (χ0v) is 12.3. The van der Waals surface area contributed by atoms with Crippen LogP contribution in [0, 0.1) is 5.82 Å². The van der Waals surface area contributed by atoms with Crippen LogP contribution in [0.15, 0.2) is 40.9 Å². The molecule has 0 aliphatic heterocycles. The van der Waals surface area contributed by atoms with Crippen molar-refractivity contribution in [3.63, 3.8) is 0 Å². The zero-order chi connectivity index (χ0) is 14.0. The predicted molar refractivity (Wildman–Crippen MR) is 75.5 cm³/mol. The van der Waals surface area contributed by atoms with Gasteiger partial charge in [0, 0.05) is 15.6 Å². The van der Waals surface area contributed by atoms with Gasteiger partial charge < -0.3 is 4.74 Å². The van der Waals surface area contributed by atoms with Crippen LogP contribution in [0.2, 0.25) is 5.02 Å². The second-order valence-electron chi connectivity index (χ2n) is 3.81. The van der Waals surface area contributed by atoms with Crippen LogP contribution in [-0.2, 0) is 0 Å². The lowest BCUT2D eigenvalue weighted by atomic mass is 10.0. The molecule has 2 nitrogen and oxygen atoms in total. The van der Waals surface area contributed by atoms with E-state index in [1.54, 1.807) is 12.1 Å². The van der Waals surface area contributed by atoms with Gasteiger partial charge in [-0.1, -0.05) is 11.6 Å². The third kappa shape index (κ3) is 2.96. The molecule has 0 unspecified atom stereocenters. The maximum absolute atomic E-state index is 13.6. The predicted octanol–water partition coefficient (Wildman–Crippen LogP) is 4.48. The van der Waals surface area contributed by atoms with Crippen molar-refractivity contribution < 1.29 is 13.9 Å². The van der Waals surface area contributed by atoms with Crippen molar-refractivity contribution in [3.8, 4) is 5.75 Å². The van der Waals surface area contributed by atoms with Crippen LogP contribution in [0.1, 0.15) is 15.9 Å². The fourth-order valence-corrected chi connectivity index (χ4v) is 2.04. The average Bonchev–Trinajstić information content (AvgIpc) is 2.41. The molecule has 19 heavy (non-hydrogen) atoms. The average molecular weight is 344 g/mol. The van der Waals surface area contributed by atoms with Gasteiger partial charge in [-0.05, 0) is 52.3 Å². The summed E-state index contributed by atoms with van der Waals surface area (Å²) in [4.78, 5) is 12.2. The van der Waals surface area contributed by atoms with Crippen LogP contribution in [0.5, 0.6) is 5.75 Å². The third-order valence-electron chi connectivity index (χ3n) is 2.60. The van der Waals surface area contributed by atoms with Crippen LogP contribution >= 0.6 is 27.5 Å². The fourth-order valence-electron chi connectivity index (χ4n) is 1.61. The molecule has 0 amide bonds. The van der Waals surface area contributed by atoms with E-state index in [1.165, 1.54) is 25.3 Å². The van der Waals surface area contributed by atoms with Crippen LogP contribution in [0.4, 0.5) is 4.39 Å². The van der Waals surface area contributed by atoms with Gasteiger partial charge in [0.1, 0.15) is 0 Å². The fraction of sp³-hybridized carbons (Fsp3) is 0.0714. The molecule has 0 heterocycles. The highest BCUT2D eigenvalue weighted by Crippen LogP contribution is 2.25. The van der Waals surface area contributed by atoms with Gasteiger partial charge in [0.2, 0.25) is 0 Å². The molecule has 0 atom stereocenters. The van der Waals surface area contributed by atoms with Gasteiger partial charge in [0.25, 0.3) is 0 Å². The van der Waals surface area contributed by atoms with Crippen LogP contribution in [-0.4, -0.2) is 12.9 Å². The molecule has 5 heteroatoms. The van der Waals surface area contributed by atoms with Crippen molar-refractivity contribution in [2.75, 3.05) is 7.11 Å². The summed E-state index contributed by atoms with van der Waals surface area (Å²) in [5.41, 5.74) is 0.648. The van der Waals surface area contributed by atoms with Gasteiger partial charge >= 0.3 is 0 Å². The molecule has 98 valence electrons. The lowest BCUT2D eigenvalue weighted by Gasteiger charge is -2.05. The molecule has 0 aliphatic rings. The molecule has 0 bridgehead atoms. The topological polar surface area (TPSA) is 26.3 Å². The third-order valence-corrected chi connectivity index (χ3v) is 3.83. The van der Waals surface area contributed by atoms with E-state index < -0.39 is 5.82 Å². The first kappa shape index (κ1) is 14.0. The lowest BCUT2D eigenvalue weighted by Crippen LogP contribution is -2.02. The van der Waals surface area contributed by atoms with Crippen LogP contribution < -0.4 is 4.74 Å². The Bertz CT molecular complexity index is 643. The molecular weight excluding hydrogens is 335 g/mol. The molecule has 0 aliphatic carbocycles. The summed E-state index contributed by atoms with van der Waals surface area (Å²) in [6.07, 6.45) is 0. The molecule has 2 aromatic carbocycles. The molecule has 0 radical (unpaired) electrons. The van der Waals surface area contributed by atoms with Crippen LogP contribution in [0.3, 0.4) is 0 Å². The van der Waals surface area contributed by atoms with Crippen molar-refractivity contribution >= 4 is 33.3 Å². The molecule has 0 fully saturated rings. The number of carbonyl (C=O) groups is 1. The molecule has 0 saturated heterocycles. The first-order valence-electron chi connectivity index (χ1n) is 5.36. The van der Waals surface area contributed by atoms with E-state index in [0.29, 0.717) is 15.1 Å².